The van der Waals surface area contributed by atoms with Crippen molar-refractivity contribution in [3.8, 4) is 5.75 Å². The number of carboxylic acids is 1. The molecule has 106 valence electrons. The van der Waals surface area contributed by atoms with Crippen LogP contribution >= 0.6 is 0 Å². The fraction of sp³-hybridized carbons (Fsp3) is 0.286. The molecule has 0 aliphatic carbocycles. The summed E-state index contributed by atoms with van der Waals surface area (Å²) in [5.74, 6) is -0.649. The number of furan rings is 1. The van der Waals surface area contributed by atoms with Crippen LogP contribution in [0.15, 0.2) is 28.9 Å². The molecule has 0 spiro atoms. The summed E-state index contributed by atoms with van der Waals surface area (Å²) in [5.41, 5.74) is 1.37. The highest BCUT2D eigenvalue weighted by molar-refractivity contribution is 5.89. The van der Waals surface area contributed by atoms with Crippen LogP contribution in [-0.2, 0) is 16.0 Å². The molecule has 6 nitrogen and oxygen atoms in total. The zero-order valence-corrected chi connectivity index (χ0v) is 11.3. The van der Waals surface area contributed by atoms with E-state index in [1.165, 1.54) is 18.2 Å². The molecular formula is C14H15NO5. The number of aliphatic carboxylic acids is 1. The van der Waals surface area contributed by atoms with Crippen molar-refractivity contribution < 1.29 is 23.8 Å². The van der Waals surface area contributed by atoms with Crippen LogP contribution in [0.3, 0.4) is 0 Å². The number of carbonyl (C=O) groups is 2. The Balaban J connectivity index is 2.21. The van der Waals surface area contributed by atoms with Gasteiger partial charge in [-0.1, -0.05) is 0 Å². The van der Waals surface area contributed by atoms with Crippen LogP contribution in [0, 0.1) is 0 Å². The van der Waals surface area contributed by atoms with E-state index in [1.807, 2.05) is 0 Å². The van der Waals surface area contributed by atoms with Crippen molar-refractivity contribution in [1.82, 2.24) is 4.90 Å². The van der Waals surface area contributed by atoms with Gasteiger partial charge in [-0.15, -0.1) is 0 Å². The summed E-state index contributed by atoms with van der Waals surface area (Å²) in [6, 6.07) is 5.33. The smallest absolute Gasteiger partial charge is 0.323 e. The van der Waals surface area contributed by atoms with E-state index >= 15 is 0 Å². The highest BCUT2D eigenvalue weighted by Gasteiger charge is 2.16. The number of fused-ring (bicyclic) bond motifs is 1. The third-order valence-corrected chi connectivity index (χ3v) is 3.00. The zero-order chi connectivity index (χ0) is 14.7. The molecule has 0 fully saturated rings. The van der Waals surface area contributed by atoms with E-state index in [-0.39, 0.29) is 18.9 Å². The highest BCUT2D eigenvalue weighted by Crippen LogP contribution is 2.26. The summed E-state index contributed by atoms with van der Waals surface area (Å²) < 4.78 is 10.5. The SMILES string of the molecule is COc1ccc2occ(CC(=O)N(C)CC(=O)O)c2c1. The molecule has 1 amide bonds. The summed E-state index contributed by atoms with van der Waals surface area (Å²) in [4.78, 5) is 23.7. The Kier molecular flexibility index (Phi) is 3.93. The van der Waals surface area contributed by atoms with Crippen LogP contribution in [0.5, 0.6) is 5.75 Å². The van der Waals surface area contributed by atoms with Crippen molar-refractivity contribution >= 4 is 22.8 Å². The summed E-state index contributed by atoms with van der Waals surface area (Å²) in [5, 5.41) is 9.46. The minimum atomic E-state index is -1.04. The van der Waals surface area contributed by atoms with Gasteiger partial charge in [0.1, 0.15) is 17.9 Å². The fourth-order valence-electron chi connectivity index (χ4n) is 1.91. The minimum absolute atomic E-state index is 0.0872. The monoisotopic (exact) mass is 277 g/mol. The number of hydrogen-bond acceptors (Lipinski definition) is 4. The van der Waals surface area contributed by atoms with E-state index in [2.05, 4.69) is 0 Å². The minimum Gasteiger partial charge on any atom is -0.497 e. The van der Waals surface area contributed by atoms with E-state index in [1.54, 1.807) is 25.3 Å². The third-order valence-electron chi connectivity index (χ3n) is 3.00. The van der Waals surface area contributed by atoms with Gasteiger partial charge in [-0.3, -0.25) is 9.59 Å². The van der Waals surface area contributed by atoms with E-state index in [4.69, 9.17) is 14.3 Å². The van der Waals surface area contributed by atoms with E-state index in [0.717, 1.165) is 5.39 Å². The van der Waals surface area contributed by atoms with Crippen LogP contribution in [0.4, 0.5) is 0 Å². The van der Waals surface area contributed by atoms with E-state index in [0.29, 0.717) is 16.9 Å². The van der Waals surface area contributed by atoms with Gasteiger partial charge in [-0.2, -0.15) is 0 Å². The molecule has 0 saturated heterocycles. The first-order chi connectivity index (χ1) is 9.51. The van der Waals surface area contributed by atoms with Crippen LogP contribution in [0.1, 0.15) is 5.56 Å². The van der Waals surface area contributed by atoms with Crippen molar-refractivity contribution in [2.24, 2.45) is 0 Å². The predicted octanol–water partition coefficient (Wildman–Crippen LogP) is 1.53. The van der Waals surface area contributed by atoms with Gasteiger partial charge in [0.15, 0.2) is 0 Å². The van der Waals surface area contributed by atoms with Gasteiger partial charge >= 0.3 is 5.97 Å². The molecule has 2 aromatic rings. The van der Waals surface area contributed by atoms with E-state index in [9.17, 15) is 9.59 Å². The Morgan fingerprint density at radius 3 is 2.80 bits per heavy atom. The number of benzene rings is 1. The first-order valence-corrected chi connectivity index (χ1v) is 6.01. The van der Waals surface area contributed by atoms with Crippen molar-refractivity contribution in [2.45, 2.75) is 6.42 Å². The quantitative estimate of drug-likeness (QED) is 0.896. The Hall–Kier alpha value is -2.50. The lowest BCUT2D eigenvalue weighted by Crippen LogP contribution is -2.32. The summed E-state index contributed by atoms with van der Waals surface area (Å²) >= 11 is 0. The van der Waals surface area contributed by atoms with Gasteiger partial charge in [-0.05, 0) is 18.2 Å². The first kappa shape index (κ1) is 13.9. The highest BCUT2D eigenvalue weighted by atomic mass is 16.5. The van der Waals surface area contributed by atoms with Crippen LogP contribution in [-0.4, -0.2) is 42.6 Å². The second-order valence-electron chi connectivity index (χ2n) is 4.44. The molecule has 0 unspecified atom stereocenters. The average molecular weight is 277 g/mol. The standard InChI is InChI=1S/C14H15NO5/c1-15(7-14(17)18)13(16)5-9-8-20-12-4-3-10(19-2)6-11(9)12/h3-4,6,8H,5,7H2,1-2H3,(H,17,18). The lowest BCUT2D eigenvalue weighted by molar-refractivity contribution is -0.143. The van der Waals surface area contributed by atoms with Crippen molar-refractivity contribution in [1.29, 1.82) is 0 Å². The van der Waals surface area contributed by atoms with Crippen LogP contribution in [0.25, 0.3) is 11.0 Å². The van der Waals surface area contributed by atoms with Gasteiger partial charge in [0.25, 0.3) is 0 Å². The number of hydrogen-bond donors (Lipinski definition) is 1. The molecule has 1 aromatic carbocycles. The number of carbonyl (C=O) groups excluding carboxylic acids is 1. The molecule has 0 atom stereocenters. The largest absolute Gasteiger partial charge is 0.497 e. The van der Waals surface area contributed by atoms with Gasteiger partial charge < -0.3 is 19.2 Å². The second kappa shape index (κ2) is 5.64. The number of rotatable bonds is 5. The van der Waals surface area contributed by atoms with Crippen molar-refractivity contribution in [2.75, 3.05) is 20.7 Å². The Morgan fingerprint density at radius 2 is 2.15 bits per heavy atom. The number of ether oxygens (including phenoxy) is 1. The maximum absolute atomic E-state index is 11.9. The molecule has 0 bridgehead atoms. The number of carboxylic acid groups (broad SMARTS) is 1. The number of amides is 1. The molecule has 0 aliphatic heterocycles. The summed E-state index contributed by atoms with van der Waals surface area (Å²) in [7, 11) is 3.02. The molecule has 6 heteroatoms. The van der Waals surface area contributed by atoms with Gasteiger partial charge in [-0.25, -0.2) is 0 Å². The molecule has 0 radical (unpaired) electrons. The Morgan fingerprint density at radius 1 is 1.40 bits per heavy atom. The number of nitrogens with zero attached hydrogens (tertiary/aromatic N) is 1. The topological polar surface area (TPSA) is 80.0 Å². The Bertz CT molecular complexity index is 646. The van der Waals surface area contributed by atoms with Crippen molar-refractivity contribution in [3.63, 3.8) is 0 Å². The molecule has 2 rings (SSSR count). The van der Waals surface area contributed by atoms with Gasteiger partial charge in [0, 0.05) is 18.0 Å². The molecule has 0 saturated carbocycles. The average Bonchev–Trinajstić information content (AvgIpc) is 2.80. The first-order valence-electron chi connectivity index (χ1n) is 6.01. The van der Waals surface area contributed by atoms with Crippen molar-refractivity contribution in [3.05, 3.63) is 30.0 Å². The molecule has 1 N–H and O–H groups in total. The molecule has 0 aliphatic rings. The number of likely N-dealkylation sites (N-methyl/N-ethyl adjacent to an activating group) is 1. The van der Waals surface area contributed by atoms with Crippen LogP contribution < -0.4 is 4.74 Å². The maximum Gasteiger partial charge on any atom is 0.323 e. The summed E-state index contributed by atoms with van der Waals surface area (Å²) in [6.07, 6.45) is 1.60. The molecule has 1 aromatic heterocycles. The van der Waals surface area contributed by atoms with Gasteiger partial charge in [0.05, 0.1) is 19.8 Å². The fourth-order valence-corrected chi connectivity index (χ4v) is 1.91. The lowest BCUT2D eigenvalue weighted by Gasteiger charge is -2.13. The van der Waals surface area contributed by atoms with Gasteiger partial charge in [0.2, 0.25) is 5.91 Å². The molecule has 1 heterocycles. The molecular weight excluding hydrogens is 262 g/mol. The molecule has 20 heavy (non-hydrogen) atoms. The van der Waals surface area contributed by atoms with E-state index < -0.39 is 5.97 Å². The third kappa shape index (κ3) is 2.90. The van der Waals surface area contributed by atoms with Crippen LogP contribution in [0.2, 0.25) is 0 Å². The normalized spacial score (nSPS) is 10.5. The maximum atomic E-state index is 11.9. The zero-order valence-electron chi connectivity index (χ0n) is 11.3. The Labute approximate surface area is 115 Å². The predicted molar refractivity (Wildman–Crippen MR) is 71.7 cm³/mol. The summed E-state index contributed by atoms with van der Waals surface area (Å²) in [6.45, 7) is -0.321. The lowest BCUT2D eigenvalue weighted by atomic mass is 10.1. The number of methoxy groups -OCH3 is 1. The second-order valence-corrected chi connectivity index (χ2v) is 4.44.